The zero-order valence-electron chi connectivity index (χ0n) is 14.8. The van der Waals surface area contributed by atoms with Gasteiger partial charge in [-0.25, -0.2) is 8.42 Å². The van der Waals surface area contributed by atoms with Gasteiger partial charge in [0.1, 0.15) is 5.69 Å². The summed E-state index contributed by atoms with van der Waals surface area (Å²) < 4.78 is 27.2. The fourth-order valence-electron chi connectivity index (χ4n) is 2.39. The smallest absolute Gasteiger partial charge is 0.272 e. The van der Waals surface area contributed by atoms with Gasteiger partial charge in [-0.05, 0) is 29.8 Å². The van der Waals surface area contributed by atoms with Crippen LogP contribution in [0, 0.1) is 10.1 Å². The number of hydrogen-bond donors (Lipinski definition) is 1. The first kappa shape index (κ1) is 21.0. The minimum absolute atomic E-state index is 0.102. The van der Waals surface area contributed by atoms with Crippen LogP contribution in [-0.2, 0) is 10.0 Å². The molecule has 0 aliphatic rings. The summed E-state index contributed by atoms with van der Waals surface area (Å²) in [6, 6.07) is 11.1. The molecule has 0 unspecified atom stereocenters. The standard InChI is InChI=1S/C17H19BrN4O4S/c1-3-21(4-2)27(25,26)15-8-9-16(17(11-15)22(23)24)20-19-12-13-6-5-7-14(18)10-13/h5-12,20H,3-4H2,1-2H3. The van der Waals surface area contributed by atoms with Crippen molar-refractivity contribution in [2.45, 2.75) is 18.7 Å². The van der Waals surface area contributed by atoms with E-state index in [0.29, 0.717) is 0 Å². The number of hydrazone groups is 1. The van der Waals surface area contributed by atoms with E-state index in [1.165, 1.54) is 22.7 Å². The molecule has 0 heterocycles. The van der Waals surface area contributed by atoms with E-state index in [2.05, 4.69) is 26.5 Å². The molecule has 144 valence electrons. The van der Waals surface area contributed by atoms with Gasteiger partial charge in [0.15, 0.2) is 0 Å². The highest BCUT2D eigenvalue weighted by Gasteiger charge is 2.25. The van der Waals surface area contributed by atoms with E-state index in [1.807, 2.05) is 24.3 Å². The van der Waals surface area contributed by atoms with Crippen LogP contribution in [0.5, 0.6) is 0 Å². The molecule has 2 aromatic carbocycles. The number of nitrogens with one attached hydrogen (secondary N) is 1. The van der Waals surface area contributed by atoms with E-state index in [0.717, 1.165) is 16.1 Å². The number of benzene rings is 2. The summed E-state index contributed by atoms with van der Waals surface area (Å²) in [4.78, 5) is 10.6. The van der Waals surface area contributed by atoms with E-state index < -0.39 is 14.9 Å². The molecule has 0 spiro atoms. The Morgan fingerprint density at radius 2 is 1.93 bits per heavy atom. The molecule has 10 heteroatoms. The molecule has 0 aliphatic carbocycles. The molecule has 0 fully saturated rings. The van der Waals surface area contributed by atoms with Gasteiger partial charge in [0.2, 0.25) is 10.0 Å². The van der Waals surface area contributed by atoms with Crippen LogP contribution in [0.4, 0.5) is 11.4 Å². The summed E-state index contributed by atoms with van der Waals surface area (Å²) >= 11 is 3.35. The minimum atomic E-state index is -3.78. The van der Waals surface area contributed by atoms with E-state index in [4.69, 9.17) is 0 Å². The second-order valence-electron chi connectivity index (χ2n) is 5.45. The van der Waals surface area contributed by atoms with Crippen molar-refractivity contribution < 1.29 is 13.3 Å². The molecule has 2 rings (SSSR count). The fraction of sp³-hybridized carbons (Fsp3) is 0.235. The van der Waals surface area contributed by atoms with Gasteiger partial charge in [-0.1, -0.05) is 41.9 Å². The van der Waals surface area contributed by atoms with Crippen LogP contribution in [0.2, 0.25) is 0 Å². The molecule has 0 aliphatic heterocycles. The van der Waals surface area contributed by atoms with Crippen LogP contribution in [-0.4, -0.2) is 37.0 Å². The van der Waals surface area contributed by atoms with Crippen molar-refractivity contribution in [2.24, 2.45) is 5.10 Å². The van der Waals surface area contributed by atoms with Gasteiger partial charge in [-0.15, -0.1) is 0 Å². The molecule has 0 saturated carbocycles. The van der Waals surface area contributed by atoms with Crippen LogP contribution < -0.4 is 5.43 Å². The first-order valence-electron chi connectivity index (χ1n) is 8.12. The molecular weight excluding hydrogens is 436 g/mol. The van der Waals surface area contributed by atoms with Crippen molar-refractivity contribution in [3.05, 3.63) is 62.6 Å². The fourth-order valence-corrected chi connectivity index (χ4v) is 4.29. The van der Waals surface area contributed by atoms with Crippen LogP contribution >= 0.6 is 15.9 Å². The number of anilines is 1. The summed E-state index contributed by atoms with van der Waals surface area (Å²) in [6.07, 6.45) is 1.51. The van der Waals surface area contributed by atoms with Gasteiger partial charge in [0.05, 0.1) is 16.0 Å². The summed E-state index contributed by atoms with van der Waals surface area (Å²) in [6.45, 7) is 3.98. The molecule has 0 saturated heterocycles. The Bertz CT molecular complexity index is 959. The zero-order valence-corrected chi connectivity index (χ0v) is 17.2. The molecule has 27 heavy (non-hydrogen) atoms. The molecule has 1 N–H and O–H groups in total. The second-order valence-corrected chi connectivity index (χ2v) is 8.30. The normalized spacial score (nSPS) is 11.9. The van der Waals surface area contributed by atoms with Crippen molar-refractivity contribution in [3.8, 4) is 0 Å². The van der Waals surface area contributed by atoms with Gasteiger partial charge >= 0.3 is 0 Å². The largest absolute Gasteiger partial charge is 0.295 e. The van der Waals surface area contributed by atoms with Crippen molar-refractivity contribution in [2.75, 3.05) is 18.5 Å². The second kappa shape index (κ2) is 9.07. The molecule has 0 amide bonds. The lowest BCUT2D eigenvalue weighted by molar-refractivity contribution is -0.384. The highest BCUT2D eigenvalue weighted by Crippen LogP contribution is 2.29. The first-order valence-corrected chi connectivity index (χ1v) is 10.4. The highest BCUT2D eigenvalue weighted by atomic mass is 79.9. The third-order valence-electron chi connectivity index (χ3n) is 3.76. The highest BCUT2D eigenvalue weighted by molar-refractivity contribution is 9.10. The maximum Gasteiger partial charge on any atom is 0.295 e. The number of rotatable bonds is 8. The number of nitrogens with zero attached hydrogens (tertiary/aromatic N) is 3. The van der Waals surface area contributed by atoms with Crippen molar-refractivity contribution in [1.82, 2.24) is 4.31 Å². The van der Waals surface area contributed by atoms with Crippen molar-refractivity contribution in [3.63, 3.8) is 0 Å². The number of nitro benzene ring substituents is 1. The topological polar surface area (TPSA) is 105 Å². The molecule has 0 bridgehead atoms. The first-order chi connectivity index (χ1) is 12.8. The van der Waals surface area contributed by atoms with E-state index in [9.17, 15) is 18.5 Å². The van der Waals surface area contributed by atoms with Crippen LogP contribution in [0.1, 0.15) is 19.4 Å². The Morgan fingerprint density at radius 1 is 1.22 bits per heavy atom. The molecule has 0 radical (unpaired) electrons. The molecule has 0 aromatic heterocycles. The molecule has 8 nitrogen and oxygen atoms in total. The Kier molecular flexibility index (Phi) is 7.05. The van der Waals surface area contributed by atoms with Gasteiger partial charge in [0, 0.05) is 23.6 Å². The van der Waals surface area contributed by atoms with Gasteiger partial charge < -0.3 is 0 Å². The summed E-state index contributed by atoms with van der Waals surface area (Å²) in [5.41, 5.74) is 3.13. The third-order valence-corrected chi connectivity index (χ3v) is 6.30. The third kappa shape index (κ3) is 5.12. The summed E-state index contributed by atoms with van der Waals surface area (Å²) in [5.74, 6) is 0. The predicted octanol–water partition coefficient (Wildman–Crippen LogP) is 3.83. The number of hydrogen-bond acceptors (Lipinski definition) is 6. The summed E-state index contributed by atoms with van der Waals surface area (Å²) in [7, 11) is -3.78. The van der Waals surface area contributed by atoms with Crippen molar-refractivity contribution >= 4 is 43.5 Å². The van der Waals surface area contributed by atoms with E-state index >= 15 is 0 Å². The lowest BCUT2D eigenvalue weighted by atomic mass is 10.2. The quantitative estimate of drug-likeness (QED) is 0.370. The van der Waals surface area contributed by atoms with Gasteiger partial charge in [-0.2, -0.15) is 9.41 Å². The van der Waals surface area contributed by atoms with E-state index in [-0.39, 0.29) is 29.4 Å². The maximum atomic E-state index is 12.6. The summed E-state index contributed by atoms with van der Waals surface area (Å²) in [5, 5.41) is 15.4. The van der Waals surface area contributed by atoms with Crippen LogP contribution in [0.25, 0.3) is 0 Å². The van der Waals surface area contributed by atoms with E-state index in [1.54, 1.807) is 13.8 Å². The predicted molar refractivity (Wildman–Crippen MR) is 109 cm³/mol. The molecular formula is C17H19BrN4O4S. The maximum absolute atomic E-state index is 12.6. The number of nitro groups is 1. The average molecular weight is 455 g/mol. The average Bonchev–Trinajstić information content (AvgIpc) is 2.62. The van der Waals surface area contributed by atoms with Gasteiger partial charge in [-0.3, -0.25) is 15.5 Å². The number of sulfonamides is 1. The SMILES string of the molecule is CCN(CC)S(=O)(=O)c1ccc(NN=Cc2cccc(Br)c2)c([N+](=O)[O-])c1. The lowest BCUT2D eigenvalue weighted by Gasteiger charge is -2.18. The Morgan fingerprint density at radius 3 is 2.52 bits per heavy atom. The Balaban J connectivity index is 2.32. The Hall–Kier alpha value is -2.30. The van der Waals surface area contributed by atoms with Crippen LogP contribution in [0.15, 0.2) is 56.9 Å². The van der Waals surface area contributed by atoms with Crippen molar-refractivity contribution in [1.29, 1.82) is 0 Å². The minimum Gasteiger partial charge on any atom is -0.272 e. The van der Waals surface area contributed by atoms with Gasteiger partial charge in [0.25, 0.3) is 5.69 Å². The number of halogens is 1. The lowest BCUT2D eigenvalue weighted by Crippen LogP contribution is -2.30. The Labute approximate surface area is 166 Å². The monoisotopic (exact) mass is 454 g/mol. The zero-order chi connectivity index (χ0) is 20.0. The van der Waals surface area contributed by atoms with Crippen LogP contribution in [0.3, 0.4) is 0 Å². The molecule has 2 aromatic rings. The molecule has 0 atom stereocenters.